The van der Waals surface area contributed by atoms with E-state index in [1.54, 1.807) is 0 Å². The zero-order valence-electron chi connectivity index (χ0n) is 10.3. The molecule has 0 saturated heterocycles. The molecule has 1 aromatic heterocycles. The smallest absolute Gasteiger partial charge is 0.0674 e. The van der Waals surface area contributed by atoms with Gasteiger partial charge in [0.15, 0.2) is 0 Å². The maximum absolute atomic E-state index is 8.80. The second-order valence-corrected chi connectivity index (χ2v) is 4.41. The van der Waals surface area contributed by atoms with Crippen LogP contribution in [0.25, 0.3) is 5.69 Å². The van der Waals surface area contributed by atoms with Gasteiger partial charge in [0, 0.05) is 12.8 Å². The Kier molecular flexibility index (Phi) is 3.59. The average Bonchev–Trinajstić information content (AvgIpc) is 2.75. The molecule has 1 aromatic carbocycles. The van der Waals surface area contributed by atoms with Crippen molar-refractivity contribution in [2.75, 3.05) is 6.61 Å². The van der Waals surface area contributed by atoms with Crippen LogP contribution in [0.5, 0.6) is 0 Å². The first kappa shape index (κ1) is 11.9. The van der Waals surface area contributed by atoms with Gasteiger partial charge in [0.25, 0.3) is 0 Å². The largest absolute Gasteiger partial charge is 0.396 e. The van der Waals surface area contributed by atoms with Crippen LogP contribution in [0, 0.1) is 13.8 Å². The van der Waals surface area contributed by atoms with Crippen LogP contribution in [-0.4, -0.2) is 21.5 Å². The number of aliphatic hydroxyl groups excluding tert-OH is 1. The van der Waals surface area contributed by atoms with Crippen LogP contribution >= 0.6 is 0 Å². The fraction of sp³-hybridized carbons (Fsp3) is 0.357. The Morgan fingerprint density at radius 1 is 1.29 bits per heavy atom. The lowest BCUT2D eigenvalue weighted by Crippen LogP contribution is -1.97. The normalized spacial score (nSPS) is 10.8. The molecular formula is C14H18N2O. The van der Waals surface area contributed by atoms with Gasteiger partial charge in [0.2, 0.25) is 0 Å². The highest BCUT2D eigenvalue weighted by atomic mass is 16.2. The first-order chi connectivity index (χ1) is 8.20. The molecule has 1 N–H and O–H groups in total. The van der Waals surface area contributed by atoms with Gasteiger partial charge in [-0.25, -0.2) is 4.68 Å². The molecule has 2 aromatic rings. The van der Waals surface area contributed by atoms with Crippen LogP contribution in [0.15, 0.2) is 30.6 Å². The van der Waals surface area contributed by atoms with E-state index in [2.05, 4.69) is 37.1 Å². The van der Waals surface area contributed by atoms with Crippen LogP contribution in [0.4, 0.5) is 0 Å². The predicted octanol–water partition coefficient (Wildman–Crippen LogP) is 2.41. The molecule has 0 atom stereocenters. The zero-order valence-corrected chi connectivity index (χ0v) is 10.3. The lowest BCUT2D eigenvalue weighted by Gasteiger charge is -2.06. The number of aromatic nitrogens is 2. The molecule has 0 aliphatic heterocycles. The molecule has 0 amide bonds. The first-order valence-corrected chi connectivity index (χ1v) is 5.93. The number of hydrogen-bond donors (Lipinski definition) is 1. The number of rotatable bonds is 4. The summed E-state index contributed by atoms with van der Waals surface area (Å²) >= 11 is 0. The van der Waals surface area contributed by atoms with E-state index in [0.717, 1.165) is 18.5 Å². The molecule has 90 valence electrons. The van der Waals surface area contributed by atoms with Crippen molar-refractivity contribution in [2.45, 2.75) is 26.7 Å². The summed E-state index contributed by atoms with van der Waals surface area (Å²) in [6.45, 7) is 4.42. The van der Waals surface area contributed by atoms with Gasteiger partial charge >= 0.3 is 0 Å². The van der Waals surface area contributed by atoms with E-state index >= 15 is 0 Å². The van der Waals surface area contributed by atoms with Crippen LogP contribution < -0.4 is 0 Å². The highest BCUT2D eigenvalue weighted by molar-refractivity contribution is 5.42. The van der Waals surface area contributed by atoms with Gasteiger partial charge in [-0.15, -0.1) is 0 Å². The summed E-state index contributed by atoms with van der Waals surface area (Å²) in [5.41, 5.74) is 4.77. The summed E-state index contributed by atoms with van der Waals surface area (Å²) in [4.78, 5) is 0. The molecule has 17 heavy (non-hydrogen) atoms. The lowest BCUT2D eigenvalue weighted by atomic mass is 10.1. The quantitative estimate of drug-likeness (QED) is 0.876. The molecule has 3 nitrogen and oxygen atoms in total. The van der Waals surface area contributed by atoms with Gasteiger partial charge in [0.05, 0.1) is 11.9 Å². The van der Waals surface area contributed by atoms with Gasteiger partial charge in [-0.05, 0) is 43.9 Å². The molecule has 0 unspecified atom stereocenters. The average molecular weight is 230 g/mol. The van der Waals surface area contributed by atoms with E-state index in [1.165, 1.54) is 16.7 Å². The van der Waals surface area contributed by atoms with Crippen molar-refractivity contribution < 1.29 is 5.11 Å². The molecule has 0 bridgehead atoms. The second-order valence-electron chi connectivity index (χ2n) is 4.41. The molecule has 0 aliphatic rings. The maximum Gasteiger partial charge on any atom is 0.0674 e. The molecule has 0 spiro atoms. The SMILES string of the molecule is Cc1ccc(-n2cc(CCCO)cn2)c(C)c1. The Morgan fingerprint density at radius 2 is 2.12 bits per heavy atom. The van der Waals surface area contributed by atoms with E-state index in [9.17, 15) is 0 Å². The molecule has 2 rings (SSSR count). The molecule has 0 aliphatic carbocycles. The minimum absolute atomic E-state index is 0.231. The maximum atomic E-state index is 8.80. The summed E-state index contributed by atoms with van der Waals surface area (Å²) in [5, 5.41) is 13.2. The minimum atomic E-state index is 0.231. The van der Waals surface area contributed by atoms with E-state index in [4.69, 9.17) is 5.11 Å². The van der Waals surface area contributed by atoms with Crippen LogP contribution in [0.3, 0.4) is 0 Å². The van der Waals surface area contributed by atoms with Crippen LogP contribution in [0.2, 0.25) is 0 Å². The van der Waals surface area contributed by atoms with Crippen molar-refractivity contribution >= 4 is 0 Å². The zero-order chi connectivity index (χ0) is 12.3. The standard InChI is InChI=1S/C14H18N2O/c1-11-5-6-14(12(2)8-11)16-10-13(9-15-16)4-3-7-17/h5-6,8-10,17H,3-4,7H2,1-2H3. The van der Waals surface area contributed by atoms with Crippen LogP contribution in [-0.2, 0) is 6.42 Å². The highest BCUT2D eigenvalue weighted by Gasteiger charge is 2.03. The Bertz CT molecular complexity index is 503. The fourth-order valence-electron chi connectivity index (χ4n) is 1.97. The topological polar surface area (TPSA) is 38.0 Å². The number of aryl methyl sites for hydroxylation is 3. The minimum Gasteiger partial charge on any atom is -0.396 e. The van der Waals surface area contributed by atoms with E-state index < -0.39 is 0 Å². The monoisotopic (exact) mass is 230 g/mol. The van der Waals surface area contributed by atoms with Gasteiger partial charge in [0.1, 0.15) is 0 Å². The van der Waals surface area contributed by atoms with Gasteiger partial charge in [-0.1, -0.05) is 17.7 Å². The summed E-state index contributed by atoms with van der Waals surface area (Å²) in [5.74, 6) is 0. The van der Waals surface area contributed by atoms with Gasteiger partial charge < -0.3 is 5.11 Å². The summed E-state index contributed by atoms with van der Waals surface area (Å²) in [7, 11) is 0. The lowest BCUT2D eigenvalue weighted by molar-refractivity contribution is 0.288. The van der Waals surface area contributed by atoms with Crippen molar-refractivity contribution in [3.8, 4) is 5.69 Å². The molecule has 3 heteroatoms. The highest BCUT2D eigenvalue weighted by Crippen LogP contribution is 2.15. The predicted molar refractivity (Wildman–Crippen MR) is 68.4 cm³/mol. The molecular weight excluding hydrogens is 212 g/mol. The van der Waals surface area contributed by atoms with Crippen molar-refractivity contribution in [1.82, 2.24) is 9.78 Å². The van der Waals surface area contributed by atoms with Crippen molar-refractivity contribution in [3.05, 3.63) is 47.3 Å². The number of nitrogens with zero attached hydrogens (tertiary/aromatic N) is 2. The summed E-state index contributed by atoms with van der Waals surface area (Å²) < 4.78 is 1.90. The van der Waals surface area contributed by atoms with E-state index in [1.807, 2.05) is 17.1 Å². The first-order valence-electron chi connectivity index (χ1n) is 5.93. The van der Waals surface area contributed by atoms with Gasteiger partial charge in [-0.2, -0.15) is 5.10 Å². The number of aliphatic hydroxyl groups is 1. The third kappa shape index (κ3) is 2.74. The molecule has 0 fully saturated rings. The van der Waals surface area contributed by atoms with Gasteiger partial charge in [-0.3, -0.25) is 0 Å². The van der Waals surface area contributed by atoms with Crippen molar-refractivity contribution in [2.24, 2.45) is 0 Å². The Balaban J connectivity index is 2.24. The summed E-state index contributed by atoms with van der Waals surface area (Å²) in [6.07, 6.45) is 5.57. The Morgan fingerprint density at radius 3 is 2.82 bits per heavy atom. The van der Waals surface area contributed by atoms with Crippen molar-refractivity contribution in [3.63, 3.8) is 0 Å². The second kappa shape index (κ2) is 5.15. The third-order valence-corrected chi connectivity index (χ3v) is 2.86. The van der Waals surface area contributed by atoms with E-state index in [-0.39, 0.29) is 6.61 Å². The molecule has 0 saturated carbocycles. The summed E-state index contributed by atoms with van der Waals surface area (Å²) in [6, 6.07) is 6.34. The Hall–Kier alpha value is -1.61. The Labute approximate surface area is 102 Å². The van der Waals surface area contributed by atoms with Crippen molar-refractivity contribution in [1.29, 1.82) is 0 Å². The molecule has 1 heterocycles. The molecule has 0 radical (unpaired) electrons. The number of hydrogen-bond acceptors (Lipinski definition) is 2. The fourth-order valence-corrected chi connectivity index (χ4v) is 1.97. The van der Waals surface area contributed by atoms with Crippen LogP contribution in [0.1, 0.15) is 23.1 Å². The number of benzene rings is 1. The van der Waals surface area contributed by atoms with E-state index in [0.29, 0.717) is 0 Å². The third-order valence-electron chi connectivity index (χ3n) is 2.86.